The predicted molar refractivity (Wildman–Crippen MR) is 110 cm³/mol. The van der Waals surface area contributed by atoms with Crippen LogP contribution in [0.15, 0.2) is 48.5 Å². The van der Waals surface area contributed by atoms with Crippen molar-refractivity contribution in [3.8, 4) is 0 Å². The third kappa shape index (κ3) is 5.64. The maximum absolute atomic E-state index is 13.7. The number of halogens is 2. The van der Waals surface area contributed by atoms with Crippen LogP contribution in [-0.4, -0.2) is 43.7 Å². The lowest BCUT2D eigenvalue weighted by atomic mass is 10.0. The summed E-state index contributed by atoms with van der Waals surface area (Å²) in [5.74, 6) is -0.482. The van der Waals surface area contributed by atoms with Crippen LogP contribution in [0.5, 0.6) is 0 Å². The zero-order valence-electron chi connectivity index (χ0n) is 15.8. The first-order valence-electron chi connectivity index (χ1n) is 9.32. The Balaban J connectivity index is 1.66. The average Bonchev–Trinajstić information content (AvgIpc) is 2.70. The zero-order chi connectivity index (χ0) is 19.9. The van der Waals surface area contributed by atoms with Crippen molar-refractivity contribution in [3.05, 3.63) is 76.1 Å². The molecule has 2 aromatic rings. The third-order valence-electron chi connectivity index (χ3n) is 4.81. The van der Waals surface area contributed by atoms with Gasteiger partial charge in [0.15, 0.2) is 0 Å². The van der Waals surface area contributed by atoms with Crippen LogP contribution in [0.2, 0.25) is 5.02 Å². The molecule has 1 aliphatic heterocycles. The Morgan fingerprint density at radius 1 is 1.29 bits per heavy atom. The minimum Gasteiger partial charge on any atom is -0.379 e. The molecule has 1 unspecified atom stereocenters. The van der Waals surface area contributed by atoms with Crippen LogP contribution in [-0.2, 0) is 9.53 Å². The topological polar surface area (TPSA) is 41.6 Å². The van der Waals surface area contributed by atoms with E-state index in [1.165, 1.54) is 18.2 Å². The number of nitrogens with one attached hydrogen (secondary N) is 1. The van der Waals surface area contributed by atoms with Crippen LogP contribution < -0.4 is 5.32 Å². The van der Waals surface area contributed by atoms with E-state index in [0.717, 1.165) is 29.8 Å². The number of nitrogens with zero attached hydrogens (tertiary/aromatic N) is 1. The maximum atomic E-state index is 13.7. The highest BCUT2D eigenvalue weighted by molar-refractivity contribution is 6.31. The molecule has 2 aromatic carbocycles. The summed E-state index contributed by atoms with van der Waals surface area (Å²) in [6.07, 6.45) is 3.22. The van der Waals surface area contributed by atoms with Crippen molar-refractivity contribution in [2.45, 2.75) is 13.0 Å². The highest BCUT2D eigenvalue weighted by atomic mass is 35.5. The fourth-order valence-corrected chi connectivity index (χ4v) is 3.39. The minimum atomic E-state index is -0.279. The molecule has 0 saturated carbocycles. The van der Waals surface area contributed by atoms with E-state index >= 15 is 0 Å². The third-order valence-corrected chi connectivity index (χ3v) is 5.22. The second-order valence-electron chi connectivity index (χ2n) is 6.81. The molecule has 1 amide bonds. The van der Waals surface area contributed by atoms with E-state index in [0.29, 0.717) is 24.8 Å². The van der Waals surface area contributed by atoms with Crippen LogP contribution in [0.25, 0.3) is 6.08 Å². The van der Waals surface area contributed by atoms with Gasteiger partial charge >= 0.3 is 0 Å². The maximum Gasteiger partial charge on any atom is 0.244 e. The number of carbonyl (C=O) groups excluding carboxylic acids is 1. The van der Waals surface area contributed by atoms with Crippen molar-refractivity contribution in [3.63, 3.8) is 0 Å². The minimum absolute atomic E-state index is 0.106. The van der Waals surface area contributed by atoms with Gasteiger partial charge in [-0.15, -0.1) is 0 Å². The molecular formula is C22H24ClFN2O2. The molecule has 28 heavy (non-hydrogen) atoms. The first kappa shape index (κ1) is 20.5. The smallest absolute Gasteiger partial charge is 0.244 e. The van der Waals surface area contributed by atoms with Crippen LogP contribution in [0, 0.1) is 12.7 Å². The van der Waals surface area contributed by atoms with Crippen molar-refractivity contribution < 1.29 is 13.9 Å². The lowest BCUT2D eigenvalue weighted by Crippen LogP contribution is -2.43. The molecule has 6 heteroatoms. The number of ether oxygens (including phenoxy) is 1. The molecule has 0 spiro atoms. The Hall–Kier alpha value is -2.21. The first-order valence-corrected chi connectivity index (χ1v) is 9.70. The Labute approximate surface area is 169 Å². The second-order valence-corrected chi connectivity index (χ2v) is 7.21. The molecular weight excluding hydrogens is 379 g/mol. The summed E-state index contributed by atoms with van der Waals surface area (Å²) in [6, 6.07) is 12.1. The molecule has 0 bridgehead atoms. The number of carbonyl (C=O) groups is 1. The number of rotatable bonds is 6. The summed E-state index contributed by atoms with van der Waals surface area (Å²) in [4.78, 5) is 14.5. The summed E-state index contributed by atoms with van der Waals surface area (Å²) < 4.78 is 19.1. The van der Waals surface area contributed by atoms with Gasteiger partial charge in [-0.3, -0.25) is 9.69 Å². The van der Waals surface area contributed by atoms with Crippen LogP contribution in [0.3, 0.4) is 0 Å². The SMILES string of the molecule is Cc1ccc(/C=C/C(=O)NCC(c2cccc(F)c2)N2CCOCC2)cc1Cl. The van der Waals surface area contributed by atoms with Gasteiger partial charge in [-0.25, -0.2) is 4.39 Å². The lowest BCUT2D eigenvalue weighted by molar-refractivity contribution is -0.116. The molecule has 0 aromatic heterocycles. The van der Waals surface area contributed by atoms with Gasteiger partial charge in [0.25, 0.3) is 0 Å². The molecule has 1 N–H and O–H groups in total. The van der Waals surface area contributed by atoms with E-state index in [2.05, 4.69) is 10.2 Å². The van der Waals surface area contributed by atoms with Gasteiger partial charge in [0, 0.05) is 30.7 Å². The number of hydrogen-bond donors (Lipinski definition) is 1. The Morgan fingerprint density at radius 3 is 2.79 bits per heavy atom. The fraction of sp³-hybridized carbons (Fsp3) is 0.318. The second kappa shape index (κ2) is 9.82. The van der Waals surface area contributed by atoms with Gasteiger partial charge in [-0.2, -0.15) is 0 Å². The van der Waals surface area contributed by atoms with E-state index < -0.39 is 0 Å². The van der Waals surface area contributed by atoms with E-state index in [1.54, 1.807) is 12.1 Å². The van der Waals surface area contributed by atoms with Crippen molar-refractivity contribution in [2.75, 3.05) is 32.8 Å². The largest absolute Gasteiger partial charge is 0.379 e. The van der Waals surface area contributed by atoms with E-state index in [-0.39, 0.29) is 17.8 Å². The summed E-state index contributed by atoms with van der Waals surface area (Å²) in [6.45, 7) is 5.08. The summed E-state index contributed by atoms with van der Waals surface area (Å²) in [7, 11) is 0. The molecule has 148 valence electrons. The van der Waals surface area contributed by atoms with Crippen LogP contribution >= 0.6 is 11.6 Å². The van der Waals surface area contributed by atoms with Gasteiger partial charge in [-0.1, -0.05) is 35.9 Å². The quantitative estimate of drug-likeness (QED) is 0.743. The summed E-state index contributed by atoms with van der Waals surface area (Å²) in [5, 5.41) is 3.60. The van der Waals surface area contributed by atoms with Crippen LogP contribution in [0.1, 0.15) is 22.7 Å². The van der Waals surface area contributed by atoms with Gasteiger partial charge in [0.2, 0.25) is 5.91 Å². The van der Waals surface area contributed by atoms with Crippen molar-refractivity contribution in [1.82, 2.24) is 10.2 Å². The molecule has 1 atom stereocenters. The van der Waals surface area contributed by atoms with E-state index in [9.17, 15) is 9.18 Å². The predicted octanol–water partition coefficient (Wildman–Crippen LogP) is 3.99. The van der Waals surface area contributed by atoms with Gasteiger partial charge in [0.05, 0.1) is 19.3 Å². The Kier molecular flexibility index (Phi) is 7.20. The molecule has 1 heterocycles. The lowest BCUT2D eigenvalue weighted by Gasteiger charge is -2.34. The highest BCUT2D eigenvalue weighted by Crippen LogP contribution is 2.22. The average molecular weight is 403 g/mol. The molecule has 1 saturated heterocycles. The molecule has 0 radical (unpaired) electrons. The van der Waals surface area contributed by atoms with Gasteiger partial charge in [0.1, 0.15) is 5.82 Å². The zero-order valence-corrected chi connectivity index (χ0v) is 16.6. The number of hydrogen-bond acceptors (Lipinski definition) is 3. The first-order chi connectivity index (χ1) is 13.5. The normalized spacial score (nSPS) is 16.2. The molecule has 3 rings (SSSR count). The van der Waals surface area contributed by atoms with Gasteiger partial charge < -0.3 is 10.1 Å². The van der Waals surface area contributed by atoms with Gasteiger partial charge in [-0.05, 0) is 47.9 Å². The number of morpholine rings is 1. The summed E-state index contributed by atoms with van der Waals surface area (Å²) >= 11 is 6.12. The standard InChI is InChI=1S/C22H24ClFN2O2/c1-16-5-6-17(13-20(16)23)7-8-22(27)25-15-21(26-9-11-28-12-10-26)18-3-2-4-19(24)14-18/h2-8,13-14,21H,9-12,15H2,1H3,(H,25,27)/b8-7+. The monoisotopic (exact) mass is 402 g/mol. The Morgan fingerprint density at radius 2 is 2.07 bits per heavy atom. The van der Waals surface area contributed by atoms with E-state index in [4.69, 9.17) is 16.3 Å². The fourth-order valence-electron chi connectivity index (χ4n) is 3.20. The highest BCUT2D eigenvalue weighted by Gasteiger charge is 2.23. The molecule has 4 nitrogen and oxygen atoms in total. The van der Waals surface area contributed by atoms with Crippen LogP contribution in [0.4, 0.5) is 4.39 Å². The number of amides is 1. The van der Waals surface area contributed by atoms with Crippen molar-refractivity contribution in [1.29, 1.82) is 0 Å². The molecule has 0 aliphatic carbocycles. The van der Waals surface area contributed by atoms with E-state index in [1.807, 2.05) is 31.2 Å². The molecule has 1 fully saturated rings. The molecule has 1 aliphatic rings. The van der Waals surface area contributed by atoms with Crippen molar-refractivity contribution in [2.24, 2.45) is 0 Å². The number of aryl methyl sites for hydroxylation is 1. The Bertz CT molecular complexity index is 850. The number of benzene rings is 2. The van der Waals surface area contributed by atoms with Crippen molar-refractivity contribution >= 4 is 23.6 Å². The summed E-state index contributed by atoms with van der Waals surface area (Å²) in [5.41, 5.74) is 2.70.